The summed E-state index contributed by atoms with van der Waals surface area (Å²) >= 11 is 0. The number of aromatic nitrogens is 3. The summed E-state index contributed by atoms with van der Waals surface area (Å²) in [7, 11) is 1.45. The fourth-order valence-corrected chi connectivity index (χ4v) is 3.68. The monoisotopic (exact) mass is 437 g/mol. The molecule has 2 N–H and O–H groups in total. The minimum atomic E-state index is -0.936. The van der Waals surface area contributed by atoms with Crippen molar-refractivity contribution in [3.05, 3.63) is 59.6 Å². The van der Waals surface area contributed by atoms with Gasteiger partial charge in [0.1, 0.15) is 12.4 Å². The van der Waals surface area contributed by atoms with E-state index < -0.39 is 5.97 Å². The van der Waals surface area contributed by atoms with Gasteiger partial charge in [0.05, 0.1) is 11.6 Å². The number of amides is 1. The highest BCUT2D eigenvalue weighted by atomic mass is 16.5. The van der Waals surface area contributed by atoms with E-state index in [-0.39, 0.29) is 24.1 Å². The van der Waals surface area contributed by atoms with Crippen LogP contribution >= 0.6 is 0 Å². The fourth-order valence-electron chi connectivity index (χ4n) is 3.68. The number of benzene rings is 1. The quantitative estimate of drug-likeness (QED) is 0.546. The van der Waals surface area contributed by atoms with Gasteiger partial charge < -0.3 is 19.7 Å². The van der Waals surface area contributed by atoms with Gasteiger partial charge in [0.2, 0.25) is 11.7 Å². The number of carbonyl (C=O) groups is 2. The molecule has 0 saturated carbocycles. The number of hydrogen-bond donors (Lipinski definition) is 2. The summed E-state index contributed by atoms with van der Waals surface area (Å²) in [4.78, 5) is 33.6. The first-order valence-corrected chi connectivity index (χ1v) is 10.2. The van der Waals surface area contributed by atoms with Crippen LogP contribution in [0.4, 0.5) is 5.82 Å². The first-order valence-electron chi connectivity index (χ1n) is 10.2. The predicted octanol–water partition coefficient (Wildman–Crippen LogP) is 2.75. The number of nitrogens with zero attached hydrogens (tertiary/aromatic N) is 4. The van der Waals surface area contributed by atoms with Gasteiger partial charge in [-0.05, 0) is 49.2 Å². The number of ether oxygens (including phenoxy) is 1. The summed E-state index contributed by atoms with van der Waals surface area (Å²) in [6.45, 7) is 1.51. The minimum Gasteiger partial charge on any atom is -0.478 e. The molecule has 32 heavy (non-hydrogen) atoms. The van der Waals surface area contributed by atoms with Crippen molar-refractivity contribution >= 4 is 17.7 Å². The van der Waals surface area contributed by atoms with Crippen molar-refractivity contribution in [2.75, 3.05) is 25.6 Å². The highest BCUT2D eigenvalue weighted by Crippen LogP contribution is 2.33. The molecule has 3 heterocycles. The molecule has 1 aliphatic heterocycles. The Morgan fingerprint density at radius 2 is 2.06 bits per heavy atom. The normalized spacial score (nSPS) is 16.2. The molecule has 0 unspecified atom stereocenters. The summed E-state index contributed by atoms with van der Waals surface area (Å²) in [5.41, 5.74) is 1.97. The number of carbonyl (C=O) groups excluding carboxylic acids is 1. The van der Waals surface area contributed by atoms with E-state index in [4.69, 9.17) is 14.4 Å². The van der Waals surface area contributed by atoms with E-state index in [2.05, 4.69) is 25.3 Å². The largest absolute Gasteiger partial charge is 0.478 e. The van der Waals surface area contributed by atoms with Gasteiger partial charge in [0, 0.05) is 25.4 Å². The molecule has 1 fully saturated rings. The van der Waals surface area contributed by atoms with Crippen LogP contribution in [0.5, 0.6) is 0 Å². The lowest BCUT2D eigenvalue weighted by Crippen LogP contribution is -2.23. The molecule has 10 heteroatoms. The summed E-state index contributed by atoms with van der Waals surface area (Å²) in [6, 6.07) is 10.3. The van der Waals surface area contributed by atoms with Crippen molar-refractivity contribution in [1.29, 1.82) is 0 Å². The van der Waals surface area contributed by atoms with Crippen LogP contribution < -0.4 is 5.32 Å². The number of likely N-dealkylation sites (tertiary alicyclic amines) is 1. The Kier molecular flexibility index (Phi) is 6.52. The number of carboxylic acid groups (broad SMARTS) is 1. The zero-order chi connectivity index (χ0) is 22.5. The van der Waals surface area contributed by atoms with Crippen LogP contribution in [0.2, 0.25) is 0 Å². The zero-order valence-electron chi connectivity index (χ0n) is 17.5. The van der Waals surface area contributed by atoms with Gasteiger partial charge in [0.15, 0.2) is 0 Å². The van der Waals surface area contributed by atoms with Gasteiger partial charge in [0.25, 0.3) is 5.91 Å². The Bertz CT molecular complexity index is 1080. The number of hydrogen-bond acceptors (Lipinski definition) is 8. The number of carboxylic acids is 1. The van der Waals surface area contributed by atoms with E-state index in [1.54, 1.807) is 30.5 Å². The first kappa shape index (κ1) is 21.6. The van der Waals surface area contributed by atoms with Crippen LogP contribution in [0, 0.1) is 0 Å². The van der Waals surface area contributed by atoms with Crippen LogP contribution in [0.1, 0.15) is 40.7 Å². The lowest BCUT2D eigenvalue weighted by molar-refractivity contribution is -0.119. The van der Waals surface area contributed by atoms with Crippen LogP contribution in [-0.4, -0.2) is 57.3 Å². The SMILES string of the molecule is COCC(=O)Nc1ccc(-c2noc([C@H]3CCCN3Cc3ccc(C(=O)O)cc3)n2)cn1. The molecule has 1 amide bonds. The van der Waals surface area contributed by atoms with Crippen LogP contribution in [0.15, 0.2) is 47.1 Å². The predicted molar refractivity (Wildman–Crippen MR) is 114 cm³/mol. The summed E-state index contributed by atoms with van der Waals surface area (Å²) < 4.78 is 10.3. The summed E-state index contributed by atoms with van der Waals surface area (Å²) in [6.07, 6.45) is 3.48. The maximum atomic E-state index is 11.6. The molecular weight excluding hydrogens is 414 g/mol. The number of methoxy groups -OCH3 is 1. The van der Waals surface area contributed by atoms with Crippen molar-refractivity contribution in [2.24, 2.45) is 0 Å². The number of aromatic carboxylic acids is 1. The summed E-state index contributed by atoms with van der Waals surface area (Å²) in [5.74, 6) is 0.162. The van der Waals surface area contributed by atoms with E-state index in [1.807, 2.05) is 12.1 Å². The average Bonchev–Trinajstić information content (AvgIpc) is 3.44. The van der Waals surface area contributed by atoms with Gasteiger partial charge in [-0.25, -0.2) is 9.78 Å². The zero-order valence-corrected chi connectivity index (χ0v) is 17.5. The standard InChI is InChI=1S/C22H23N5O5/c1-31-13-19(28)24-18-9-8-16(11-23-18)20-25-21(32-26-20)17-3-2-10-27(17)12-14-4-6-15(7-5-14)22(29)30/h4-9,11,17H,2-3,10,12-13H2,1H3,(H,29,30)(H,23,24,28)/t17-/m1/s1. The first-order chi connectivity index (χ1) is 15.5. The Morgan fingerprint density at radius 1 is 1.25 bits per heavy atom. The molecule has 0 aliphatic carbocycles. The van der Waals surface area contributed by atoms with E-state index in [9.17, 15) is 9.59 Å². The van der Waals surface area contributed by atoms with Crippen LogP contribution in [0.3, 0.4) is 0 Å². The van der Waals surface area contributed by atoms with Gasteiger partial charge in [-0.2, -0.15) is 4.98 Å². The number of nitrogens with one attached hydrogen (secondary N) is 1. The molecule has 2 aromatic heterocycles. The second kappa shape index (κ2) is 9.67. The van der Waals surface area contributed by atoms with Gasteiger partial charge in [-0.3, -0.25) is 9.69 Å². The van der Waals surface area contributed by atoms with Crippen molar-refractivity contribution < 1.29 is 24.0 Å². The molecule has 1 saturated heterocycles. The third kappa shape index (κ3) is 4.98. The maximum Gasteiger partial charge on any atom is 0.335 e. The summed E-state index contributed by atoms with van der Waals surface area (Å²) in [5, 5.41) is 15.8. The Labute approximate surface area is 184 Å². The molecular formula is C22H23N5O5. The smallest absolute Gasteiger partial charge is 0.335 e. The topological polar surface area (TPSA) is 131 Å². The molecule has 0 bridgehead atoms. The molecule has 1 atom stereocenters. The molecule has 0 radical (unpaired) electrons. The van der Waals surface area contributed by atoms with Crippen LogP contribution in [-0.2, 0) is 16.1 Å². The minimum absolute atomic E-state index is 0.00374. The highest BCUT2D eigenvalue weighted by molar-refractivity contribution is 5.90. The fraction of sp³-hybridized carbons (Fsp3) is 0.318. The van der Waals surface area contributed by atoms with Crippen LogP contribution in [0.25, 0.3) is 11.4 Å². The lowest BCUT2D eigenvalue weighted by Gasteiger charge is -2.21. The molecule has 4 rings (SSSR count). The second-order valence-electron chi connectivity index (χ2n) is 7.50. The van der Waals surface area contributed by atoms with Crippen molar-refractivity contribution in [1.82, 2.24) is 20.0 Å². The van der Waals surface area contributed by atoms with Crippen molar-refractivity contribution in [2.45, 2.75) is 25.4 Å². The molecule has 3 aromatic rings. The number of rotatable bonds is 8. The molecule has 1 aliphatic rings. The van der Waals surface area contributed by atoms with Gasteiger partial charge >= 0.3 is 5.97 Å². The number of anilines is 1. The van der Waals surface area contributed by atoms with Crippen molar-refractivity contribution in [3.63, 3.8) is 0 Å². The molecule has 166 valence electrons. The molecule has 1 aromatic carbocycles. The van der Waals surface area contributed by atoms with Gasteiger partial charge in [-0.15, -0.1) is 0 Å². The van der Waals surface area contributed by atoms with Gasteiger partial charge in [-0.1, -0.05) is 17.3 Å². The average molecular weight is 437 g/mol. The molecule has 10 nitrogen and oxygen atoms in total. The number of pyridine rings is 1. The Balaban J connectivity index is 1.43. The lowest BCUT2D eigenvalue weighted by atomic mass is 10.1. The van der Waals surface area contributed by atoms with E-state index in [0.717, 1.165) is 24.9 Å². The third-order valence-electron chi connectivity index (χ3n) is 5.24. The highest BCUT2D eigenvalue weighted by Gasteiger charge is 2.31. The van der Waals surface area contributed by atoms with E-state index in [1.165, 1.54) is 7.11 Å². The van der Waals surface area contributed by atoms with E-state index in [0.29, 0.717) is 29.6 Å². The van der Waals surface area contributed by atoms with Crippen molar-refractivity contribution in [3.8, 4) is 11.4 Å². The second-order valence-corrected chi connectivity index (χ2v) is 7.50. The third-order valence-corrected chi connectivity index (χ3v) is 5.24. The Morgan fingerprint density at radius 3 is 2.75 bits per heavy atom. The molecule has 0 spiro atoms. The Hall–Kier alpha value is -3.63. The van der Waals surface area contributed by atoms with E-state index >= 15 is 0 Å². The maximum absolute atomic E-state index is 11.6.